The number of hydrogen-bond acceptors (Lipinski definition) is 6. The number of amides is 1. The van der Waals surface area contributed by atoms with Crippen LogP contribution in [0.15, 0.2) is 48.0 Å². The molecule has 0 spiro atoms. The number of aliphatic hydroxyl groups is 1. The molecule has 7 nitrogen and oxygen atoms in total. The first-order valence-electron chi connectivity index (χ1n) is 11.9. The lowest BCUT2D eigenvalue weighted by Crippen LogP contribution is -2.32. The minimum Gasteiger partial charge on any atom is -0.507 e. The lowest BCUT2D eigenvalue weighted by atomic mass is 9.95. The molecule has 3 rings (SSSR count). The molecule has 2 aromatic rings. The number of Topliss-reactive ketones (excluding diaryl/α,β-unsaturated/α-hetero) is 1. The Kier molecular flexibility index (Phi) is 9.18. The monoisotopic (exact) mass is 500 g/mol. The fraction of sp³-hybridized carbons (Fsp3) is 0.407. The summed E-state index contributed by atoms with van der Waals surface area (Å²) in [6.45, 7) is 5.99. The Balaban J connectivity index is 2.12. The molecule has 188 valence electrons. The molecule has 0 aromatic heterocycles. The van der Waals surface area contributed by atoms with Gasteiger partial charge >= 0.3 is 0 Å². The van der Waals surface area contributed by atoms with E-state index in [0.717, 1.165) is 13.0 Å². The number of ketones is 1. The molecule has 1 saturated heterocycles. The predicted molar refractivity (Wildman–Crippen MR) is 137 cm³/mol. The highest BCUT2D eigenvalue weighted by molar-refractivity contribution is 6.46. The summed E-state index contributed by atoms with van der Waals surface area (Å²) in [7, 11) is 3.91. The van der Waals surface area contributed by atoms with Gasteiger partial charge in [-0.25, -0.2) is 0 Å². The van der Waals surface area contributed by atoms with Gasteiger partial charge in [0.25, 0.3) is 11.7 Å². The van der Waals surface area contributed by atoms with Gasteiger partial charge in [-0.2, -0.15) is 0 Å². The molecule has 0 aliphatic carbocycles. The second-order valence-electron chi connectivity index (χ2n) is 8.64. The third-order valence-corrected chi connectivity index (χ3v) is 5.96. The molecule has 2 aromatic carbocycles. The van der Waals surface area contributed by atoms with Crippen LogP contribution in [0.4, 0.5) is 0 Å². The van der Waals surface area contributed by atoms with Crippen LogP contribution >= 0.6 is 11.6 Å². The van der Waals surface area contributed by atoms with Gasteiger partial charge in [-0.1, -0.05) is 24.6 Å². The number of aliphatic hydroxyl groups excluding tert-OH is 1. The topological polar surface area (TPSA) is 79.3 Å². The molecule has 0 radical (unpaired) electrons. The molecular weight excluding hydrogens is 468 g/mol. The molecule has 1 heterocycles. The van der Waals surface area contributed by atoms with E-state index in [1.165, 1.54) is 4.90 Å². The molecule has 1 atom stereocenters. The first-order chi connectivity index (χ1) is 16.8. The van der Waals surface area contributed by atoms with Crippen LogP contribution < -0.4 is 9.47 Å². The number of likely N-dealkylation sites (tertiary alicyclic amines) is 1. The van der Waals surface area contributed by atoms with Crippen LogP contribution in [0.3, 0.4) is 0 Å². The summed E-state index contributed by atoms with van der Waals surface area (Å²) in [5.74, 6) is -0.446. The van der Waals surface area contributed by atoms with Gasteiger partial charge in [0.05, 0.1) is 24.8 Å². The summed E-state index contributed by atoms with van der Waals surface area (Å²) in [6, 6.07) is 11.2. The number of halogens is 1. The summed E-state index contributed by atoms with van der Waals surface area (Å²) in [5.41, 5.74) is 1.13. The summed E-state index contributed by atoms with van der Waals surface area (Å²) in [5, 5.41) is 11.7. The van der Waals surface area contributed by atoms with Crippen LogP contribution in [0.1, 0.15) is 43.9 Å². The highest BCUT2D eigenvalue weighted by Gasteiger charge is 2.46. The number of benzene rings is 2. The molecule has 1 amide bonds. The smallest absolute Gasteiger partial charge is 0.295 e. The van der Waals surface area contributed by atoms with Gasteiger partial charge in [-0.3, -0.25) is 9.59 Å². The van der Waals surface area contributed by atoms with Gasteiger partial charge < -0.3 is 24.4 Å². The maximum Gasteiger partial charge on any atom is 0.295 e. The summed E-state index contributed by atoms with van der Waals surface area (Å²) in [6.07, 6.45) is 1.52. The minimum absolute atomic E-state index is 0.0480. The zero-order valence-corrected chi connectivity index (χ0v) is 21.5. The van der Waals surface area contributed by atoms with Crippen molar-refractivity contribution in [2.75, 3.05) is 40.4 Å². The summed E-state index contributed by atoms with van der Waals surface area (Å²) >= 11 is 6.00. The van der Waals surface area contributed by atoms with Crippen molar-refractivity contribution in [3.8, 4) is 11.5 Å². The van der Waals surface area contributed by atoms with Gasteiger partial charge in [0.2, 0.25) is 0 Å². The molecular formula is C27H33ClN2O5. The van der Waals surface area contributed by atoms with E-state index in [1.54, 1.807) is 36.4 Å². The van der Waals surface area contributed by atoms with Gasteiger partial charge in [0.15, 0.2) is 11.5 Å². The second-order valence-corrected chi connectivity index (χ2v) is 9.08. The Hall–Kier alpha value is -3.03. The first-order valence-corrected chi connectivity index (χ1v) is 12.2. The van der Waals surface area contributed by atoms with Crippen molar-refractivity contribution in [1.29, 1.82) is 0 Å². The van der Waals surface area contributed by atoms with E-state index >= 15 is 0 Å². The maximum atomic E-state index is 13.2. The minimum atomic E-state index is -0.757. The standard InChI is InChI=1S/C27H33ClN2O5/c1-5-16-35-21-13-10-19(17-22(21)34-6-2)24-23(25(31)18-8-11-20(28)12-9-18)26(32)27(33)30(24)15-7-14-29(3)4/h8-13,17,24,31H,5-7,14-16H2,1-4H3. The van der Waals surface area contributed by atoms with Gasteiger partial charge in [0, 0.05) is 17.1 Å². The number of carbonyl (C=O) groups is 2. The van der Waals surface area contributed by atoms with Crippen LogP contribution in [0.25, 0.3) is 5.76 Å². The van der Waals surface area contributed by atoms with Gasteiger partial charge in [-0.05, 0) is 82.4 Å². The number of ether oxygens (including phenoxy) is 2. The van der Waals surface area contributed by atoms with Crippen molar-refractivity contribution in [2.24, 2.45) is 0 Å². The number of rotatable bonds is 11. The molecule has 1 fully saturated rings. The zero-order chi connectivity index (χ0) is 25.5. The van der Waals surface area contributed by atoms with E-state index in [1.807, 2.05) is 38.9 Å². The van der Waals surface area contributed by atoms with Crippen molar-refractivity contribution >= 4 is 29.1 Å². The molecule has 8 heteroatoms. The van der Waals surface area contributed by atoms with Crippen molar-refractivity contribution in [3.63, 3.8) is 0 Å². The Bertz CT molecular complexity index is 1080. The largest absolute Gasteiger partial charge is 0.507 e. The Morgan fingerprint density at radius 1 is 1.06 bits per heavy atom. The Labute approximate surface area is 211 Å². The molecule has 1 unspecified atom stereocenters. The highest BCUT2D eigenvalue weighted by Crippen LogP contribution is 2.42. The second kappa shape index (κ2) is 12.1. The first kappa shape index (κ1) is 26.6. The van der Waals surface area contributed by atoms with Crippen LogP contribution in [-0.2, 0) is 9.59 Å². The van der Waals surface area contributed by atoms with E-state index in [4.69, 9.17) is 21.1 Å². The summed E-state index contributed by atoms with van der Waals surface area (Å²) in [4.78, 5) is 29.9. The highest BCUT2D eigenvalue weighted by atomic mass is 35.5. The molecule has 1 N–H and O–H groups in total. The summed E-state index contributed by atoms with van der Waals surface area (Å²) < 4.78 is 11.6. The average molecular weight is 501 g/mol. The normalized spacial score (nSPS) is 17.3. The predicted octanol–water partition coefficient (Wildman–Crippen LogP) is 4.90. The van der Waals surface area contributed by atoms with E-state index in [9.17, 15) is 14.7 Å². The van der Waals surface area contributed by atoms with E-state index in [-0.39, 0.29) is 11.3 Å². The maximum absolute atomic E-state index is 13.2. The van der Waals surface area contributed by atoms with Crippen LogP contribution in [0.2, 0.25) is 5.02 Å². The zero-order valence-electron chi connectivity index (χ0n) is 20.7. The molecule has 35 heavy (non-hydrogen) atoms. The van der Waals surface area contributed by atoms with E-state index in [0.29, 0.717) is 53.8 Å². The van der Waals surface area contributed by atoms with Crippen molar-refractivity contribution in [1.82, 2.24) is 9.80 Å². The fourth-order valence-corrected chi connectivity index (χ4v) is 4.20. The molecule has 1 aliphatic rings. The number of nitrogens with zero attached hydrogens (tertiary/aromatic N) is 2. The lowest BCUT2D eigenvalue weighted by molar-refractivity contribution is -0.139. The Morgan fingerprint density at radius 3 is 2.40 bits per heavy atom. The molecule has 1 aliphatic heterocycles. The Morgan fingerprint density at radius 2 is 1.77 bits per heavy atom. The third-order valence-electron chi connectivity index (χ3n) is 5.71. The van der Waals surface area contributed by atoms with Crippen LogP contribution in [0.5, 0.6) is 11.5 Å². The lowest BCUT2D eigenvalue weighted by Gasteiger charge is -2.26. The van der Waals surface area contributed by atoms with Crippen LogP contribution in [-0.4, -0.2) is 67.0 Å². The number of carbonyl (C=O) groups excluding carboxylic acids is 2. The van der Waals surface area contributed by atoms with Crippen molar-refractivity contribution < 1.29 is 24.2 Å². The third kappa shape index (κ3) is 6.16. The van der Waals surface area contributed by atoms with Crippen molar-refractivity contribution in [2.45, 2.75) is 32.7 Å². The van der Waals surface area contributed by atoms with E-state index < -0.39 is 17.7 Å². The number of hydrogen-bond donors (Lipinski definition) is 1. The van der Waals surface area contributed by atoms with E-state index in [2.05, 4.69) is 0 Å². The van der Waals surface area contributed by atoms with Crippen LogP contribution in [0, 0.1) is 0 Å². The fourth-order valence-electron chi connectivity index (χ4n) is 4.07. The molecule has 0 bridgehead atoms. The SMILES string of the molecule is CCCOc1ccc(C2C(=C(O)c3ccc(Cl)cc3)C(=O)C(=O)N2CCCN(C)C)cc1OCC. The van der Waals surface area contributed by atoms with Gasteiger partial charge in [0.1, 0.15) is 5.76 Å². The quantitative estimate of drug-likeness (QED) is 0.268. The van der Waals surface area contributed by atoms with Gasteiger partial charge in [-0.15, -0.1) is 0 Å². The molecule has 0 saturated carbocycles. The van der Waals surface area contributed by atoms with Crippen molar-refractivity contribution in [3.05, 3.63) is 64.2 Å². The average Bonchev–Trinajstić information content (AvgIpc) is 3.08.